The Morgan fingerprint density at radius 1 is 1.60 bits per heavy atom. The normalized spacial score (nSPS) is 32.5. The van der Waals surface area contributed by atoms with E-state index in [1.807, 2.05) is 0 Å². The van der Waals surface area contributed by atoms with Crippen LogP contribution in [0.5, 0.6) is 0 Å². The molecular formula is C6H10O4. The van der Waals surface area contributed by atoms with E-state index in [0.29, 0.717) is 12.8 Å². The molecule has 0 aromatic heterocycles. The molecule has 0 radical (unpaired) electrons. The maximum absolute atomic E-state index is 10.3. The van der Waals surface area contributed by atoms with E-state index in [9.17, 15) is 4.79 Å². The van der Waals surface area contributed by atoms with Crippen LogP contribution >= 0.6 is 0 Å². The second-order valence-corrected chi connectivity index (χ2v) is 2.34. The zero-order chi connectivity index (χ0) is 7.56. The third kappa shape index (κ3) is 1.46. The van der Waals surface area contributed by atoms with Crippen molar-refractivity contribution in [3.63, 3.8) is 0 Å². The van der Waals surface area contributed by atoms with Crippen LogP contribution in [0, 0.1) is 0 Å². The lowest BCUT2D eigenvalue weighted by Gasteiger charge is -2.06. The van der Waals surface area contributed by atoms with E-state index in [-0.39, 0.29) is 12.7 Å². The number of rotatable bonds is 2. The first-order valence-electron chi connectivity index (χ1n) is 3.23. The Bertz CT molecular complexity index is 134. The van der Waals surface area contributed by atoms with Gasteiger partial charge in [0.15, 0.2) is 6.10 Å². The van der Waals surface area contributed by atoms with Crippen LogP contribution in [0.15, 0.2) is 0 Å². The summed E-state index contributed by atoms with van der Waals surface area (Å²) in [4.78, 5) is 10.3. The van der Waals surface area contributed by atoms with Gasteiger partial charge < -0.3 is 14.9 Å². The molecule has 0 aromatic rings. The predicted molar refractivity (Wildman–Crippen MR) is 32.6 cm³/mol. The summed E-state index contributed by atoms with van der Waals surface area (Å²) >= 11 is 0. The number of carboxylic acid groups (broad SMARTS) is 1. The molecule has 1 fully saturated rings. The lowest BCUT2D eigenvalue weighted by atomic mass is 10.2. The highest BCUT2D eigenvalue weighted by Crippen LogP contribution is 2.18. The molecule has 2 atom stereocenters. The Labute approximate surface area is 58.4 Å². The van der Waals surface area contributed by atoms with E-state index in [4.69, 9.17) is 14.9 Å². The van der Waals surface area contributed by atoms with E-state index in [2.05, 4.69) is 0 Å². The molecule has 0 unspecified atom stereocenters. The van der Waals surface area contributed by atoms with Crippen molar-refractivity contribution in [2.45, 2.75) is 25.0 Å². The number of aliphatic carboxylic acids is 1. The topological polar surface area (TPSA) is 66.8 Å². The van der Waals surface area contributed by atoms with Crippen molar-refractivity contribution in [2.24, 2.45) is 0 Å². The molecule has 0 amide bonds. The van der Waals surface area contributed by atoms with Crippen LogP contribution in [0.25, 0.3) is 0 Å². The predicted octanol–water partition coefficient (Wildman–Crippen LogP) is -0.389. The van der Waals surface area contributed by atoms with Gasteiger partial charge >= 0.3 is 5.97 Å². The minimum absolute atomic E-state index is 0.0796. The van der Waals surface area contributed by atoms with Crippen molar-refractivity contribution >= 4 is 5.97 Å². The van der Waals surface area contributed by atoms with Gasteiger partial charge in [0, 0.05) is 0 Å². The molecule has 0 saturated carbocycles. The van der Waals surface area contributed by atoms with Gasteiger partial charge in [0.25, 0.3) is 0 Å². The number of carboxylic acids is 1. The third-order valence-electron chi connectivity index (χ3n) is 1.59. The van der Waals surface area contributed by atoms with Crippen LogP contribution in [0.3, 0.4) is 0 Å². The largest absolute Gasteiger partial charge is 0.479 e. The van der Waals surface area contributed by atoms with Gasteiger partial charge in [-0.1, -0.05) is 0 Å². The van der Waals surface area contributed by atoms with Crippen LogP contribution in [-0.2, 0) is 9.53 Å². The van der Waals surface area contributed by atoms with Crippen LogP contribution in [0.1, 0.15) is 12.8 Å². The first-order valence-corrected chi connectivity index (χ1v) is 3.23. The Balaban J connectivity index is 2.35. The van der Waals surface area contributed by atoms with E-state index in [1.165, 1.54) is 0 Å². The number of ether oxygens (including phenoxy) is 1. The van der Waals surface area contributed by atoms with Gasteiger partial charge in [0.05, 0.1) is 12.7 Å². The number of carbonyl (C=O) groups is 1. The van der Waals surface area contributed by atoms with Gasteiger partial charge in [-0.15, -0.1) is 0 Å². The molecule has 1 rings (SSSR count). The average Bonchev–Trinajstić information content (AvgIpc) is 2.34. The fourth-order valence-corrected chi connectivity index (χ4v) is 1.02. The monoisotopic (exact) mass is 146 g/mol. The van der Waals surface area contributed by atoms with E-state index in [0.717, 1.165) is 0 Å². The quantitative estimate of drug-likeness (QED) is 0.556. The fourth-order valence-electron chi connectivity index (χ4n) is 1.02. The van der Waals surface area contributed by atoms with Crippen LogP contribution in [-0.4, -0.2) is 35.0 Å². The Morgan fingerprint density at radius 3 is 2.60 bits per heavy atom. The van der Waals surface area contributed by atoms with Crippen LogP contribution < -0.4 is 0 Å². The summed E-state index contributed by atoms with van der Waals surface area (Å²) in [5.74, 6) is -0.934. The lowest BCUT2D eigenvalue weighted by Crippen LogP contribution is -2.21. The molecule has 1 saturated heterocycles. The Hall–Kier alpha value is -0.610. The molecule has 1 aliphatic rings. The third-order valence-corrected chi connectivity index (χ3v) is 1.59. The first kappa shape index (κ1) is 7.50. The van der Waals surface area contributed by atoms with Gasteiger partial charge in [-0.05, 0) is 12.8 Å². The number of aliphatic hydroxyl groups is 1. The molecule has 0 spiro atoms. The maximum atomic E-state index is 10.3. The van der Waals surface area contributed by atoms with Crippen molar-refractivity contribution in [2.75, 3.05) is 6.61 Å². The zero-order valence-corrected chi connectivity index (χ0v) is 5.49. The summed E-state index contributed by atoms with van der Waals surface area (Å²) in [7, 11) is 0. The second kappa shape index (κ2) is 2.98. The van der Waals surface area contributed by atoms with Crippen molar-refractivity contribution in [1.82, 2.24) is 0 Å². The van der Waals surface area contributed by atoms with Gasteiger partial charge in [-0.2, -0.15) is 0 Å². The molecule has 0 aromatic carbocycles. The first-order chi connectivity index (χ1) is 4.74. The van der Waals surface area contributed by atoms with Gasteiger partial charge in [-0.3, -0.25) is 0 Å². The SMILES string of the molecule is O=C(O)[C@H]1CC[C@@H](CO)O1. The van der Waals surface area contributed by atoms with Gasteiger partial charge in [0.2, 0.25) is 0 Å². The van der Waals surface area contributed by atoms with Crippen molar-refractivity contribution in [3.05, 3.63) is 0 Å². The lowest BCUT2D eigenvalue weighted by molar-refractivity contribution is -0.150. The molecule has 1 heterocycles. The summed E-state index contributed by atoms with van der Waals surface area (Å²) in [5, 5.41) is 17.0. The maximum Gasteiger partial charge on any atom is 0.332 e. The van der Waals surface area contributed by atoms with Gasteiger partial charge in [0.1, 0.15) is 0 Å². The van der Waals surface area contributed by atoms with E-state index in [1.54, 1.807) is 0 Å². The minimum Gasteiger partial charge on any atom is -0.479 e. The smallest absolute Gasteiger partial charge is 0.332 e. The Morgan fingerprint density at radius 2 is 2.30 bits per heavy atom. The number of hydrogen-bond donors (Lipinski definition) is 2. The van der Waals surface area contributed by atoms with Crippen molar-refractivity contribution in [3.8, 4) is 0 Å². The molecule has 0 aliphatic carbocycles. The van der Waals surface area contributed by atoms with E-state index >= 15 is 0 Å². The standard InChI is InChI=1S/C6H10O4/c7-3-4-1-2-5(10-4)6(8)9/h4-5,7H,1-3H2,(H,8,9)/t4-,5+/m0/s1. The summed E-state index contributed by atoms with van der Waals surface area (Å²) in [6, 6.07) is 0. The van der Waals surface area contributed by atoms with Gasteiger partial charge in [-0.25, -0.2) is 4.79 Å². The van der Waals surface area contributed by atoms with Crippen LogP contribution in [0.4, 0.5) is 0 Å². The highest BCUT2D eigenvalue weighted by atomic mass is 16.5. The molecular weight excluding hydrogens is 136 g/mol. The molecule has 10 heavy (non-hydrogen) atoms. The summed E-state index contributed by atoms with van der Waals surface area (Å²) < 4.78 is 4.92. The minimum atomic E-state index is -0.934. The highest BCUT2D eigenvalue weighted by Gasteiger charge is 2.29. The fraction of sp³-hybridized carbons (Fsp3) is 0.833. The average molecular weight is 146 g/mol. The number of hydrogen-bond acceptors (Lipinski definition) is 3. The molecule has 58 valence electrons. The van der Waals surface area contributed by atoms with Crippen LogP contribution in [0.2, 0.25) is 0 Å². The van der Waals surface area contributed by atoms with E-state index < -0.39 is 12.1 Å². The molecule has 2 N–H and O–H groups in total. The molecule has 1 aliphatic heterocycles. The Kier molecular flexibility index (Phi) is 2.24. The van der Waals surface area contributed by atoms with Crippen molar-refractivity contribution < 1.29 is 19.7 Å². The number of aliphatic hydroxyl groups excluding tert-OH is 1. The molecule has 4 heteroatoms. The molecule has 4 nitrogen and oxygen atoms in total. The summed E-state index contributed by atoms with van der Waals surface area (Å²) in [6.45, 7) is -0.0796. The highest BCUT2D eigenvalue weighted by molar-refractivity contribution is 5.72. The zero-order valence-electron chi connectivity index (χ0n) is 5.49. The van der Waals surface area contributed by atoms with Crippen molar-refractivity contribution in [1.29, 1.82) is 0 Å². The molecule has 0 bridgehead atoms. The summed E-state index contributed by atoms with van der Waals surface area (Å²) in [5.41, 5.74) is 0. The summed E-state index contributed by atoms with van der Waals surface area (Å²) in [6.07, 6.45) is 0.201. The second-order valence-electron chi connectivity index (χ2n) is 2.34.